The van der Waals surface area contributed by atoms with Crippen LogP contribution in [0.25, 0.3) is 5.57 Å². The first-order valence-corrected chi connectivity index (χ1v) is 9.13. The number of aromatic nitrogens is 1. The Morgan fingerprint density at radius 3 is 2.60 bits per heavy atom. The van der Waals surface area contributed by atoms with E-state index in [1.165, 1.54) is 30.0 Å². The number of nitriles is 1. The maximum atomic E-state index is 11.1. The van der Waals surface area contributed by atoms with Gasteiger partial charge in [-0.25, -0.2) is 4.98 Å². The lowest BCUT2D eigenvalue weighted by molar-refractivity contribution is -0.114. The number of nitrogens with one attached hydrogen (secondary N) is 2. The number of carbonyl (C=O) groups excluding carboxylic acids is 1. The van der Waals surface area contributed by atoms with E-state index in [0.717, 1.165) is 26.9 Å². The molecule has 1 aromatic carbocycles. The molecule has 128 valence electrons. The van der Waals surface area contributed by atoms with E-state index < -0.39 is 0 Å². The number of carbonyl (C=O) groups is 1. The van der Waals surface area contributed by atoms with Gasteiger partial charge in [0.15, 0.2) is 5.13 Å². The summed E-state index contributed by atoms with van der Waals surface area (Å²) in [5, 5.41) is 18.1. The third-order valence-electron chi connectivity index (χ3n) is 3.11. The summed E-state index contributed by atoms with van der Waals surface area (Å²) in [6, 6.07) is 9.28. The molecule has 2 N–H and O–H groups in total. The summed E-state index contributed by atoms with van der Waals surface area (Å²) in [5.41, 5.74) is 3.44. The number of rotatable bonds is 6. The second kappa shape index (κ2) is 8.51. The maximum absolute atomic E-state index is 11.1. The Morgan fingerprint density at radius 1 is 1.32 bits per heavy atom. The summed E-state index contributed by atoms with van der Waals surface area (Å²) in [6.45, 7) is 9.38. The number of thioether (sulfide) groups is 1. The van der Waals surface area contributed by atoms with Gasteiger partial charge in [0.25, 0.3) is 0 Å². The second-order valence-electron chi connectivity index (χ2n) is 5.27. The number of allylic oxidation sites excluding steroid dienone is 1. The number of benzene rings is 1. The zero-order valence-electron chi connectivity index (χ0n) is 14.2. The van der Waals surface area contributed by atoms with Crippen molar-refractivity contribution in [2.24, 2.45) is 0 Å². The molecule has 0 atom stereocenters. The van der Waals surface area contributed by atoms with E-state index in [1.807, 2.05) is 31.4 Å². The number of nitrogens with zero attached hydrogens (tertiary/aromatic N) is 2. The fraction of sp³-hybridized carbons (Fsp3) is 0.167. The first kappa shape index (κ1) is 18.8. The Kier molecular flexibility index (Phi) is 6.39. The molecule has 0 unspecified atom stereocenters. The number of anilines is 2. The molecular formula is C18H18N4OS2. The van der Waals surface area contributed by atoms with Crippen LogP contribution >= 0.6 is 23.1 Å². The van der Waals surface area contributed by atoms with Crippen molar-refractivity contribution in [3.63, 3.8) is 0 Å². The molecular weight excluding hydrogens is 352 g/mol. The van der Waals surface area contributed by atoms with Gasteiger partial charge in [0.2, 0.25) is 5.91 Å². The number of hydrogen-bond donors (Lipinski definition) is 2. The summed E-state index contributed by atoms with van der Waals surface area (Å²) < 4.78 is 0. The van der Waals surface area contributed by atoms with Gasteiger partial charge in [0, 0.05) is 12.6 Å². The molecule has 5 nitrogen and oxygen atoms in total. The standard InChI is InChI=1S/C18H18N4OS2/c1-11(17-12(2)20-18(25-17)21-13(3)23)10-24-14(4)22-16-7-5-15(9-19)6-8-16/h5-8,10,22H,4H2,1-3H3,(H,20,21,23)/b11-10+. The van der Waals surface area contributed by atoms with E-state index in [2.05, 4.69) is 28.3 Å². The Morgan fingerprint density at radius 2 is 2.00 bits per heavy atom. The molecule has 0 aliphatic carbocycles. The van der Waals surface area contributed by atoms with Gasteiger partial charge in [-0.3, -0.25) is 4.79 Å². The average Bonchev–Trinajstić information content (AvgIpc) is 2.93. The number of thiazole rings is 1. The minimum absolute atomic E-state index is 0.128. The first-order chi connectivity index (χ1) is 11.9. The van der Waals surface area contributed by atoms with Crippen molar-refractivity contribution in [2.75, 3.05) is 10.6 Å². The summed E-state index contributed by atoms with van der Waals surface area (Å²) in [4.78, 5) is 16.5. The van der Waals surface area contributed by atoms with Gasteiger partial charge in [-0.05, 0) is 49.1 Å². The van der Waals surface area contributed by atoms with E-state index in [-0.39, 0.29) is 5.91 Å². The zero-order valence-corrected chi connectivity index (χ0v) is 15.8. The van der Waals surface area contributed by atoms with Crippen molar-refractivity contribution in [2.45, 2.75) is 20.8 Å². The Balaban J connectivity index is 2.00. The minimum Gasteiger partial charge on any atom is -0.350 e. The Bertz CT molecular complexity index is 860. The van der Waals surface area contributed by atoms with Crippen LogP contribution in [0.2, 0.25) is 0 Å². The monoisotopic (exact) mass is 370 g/mol. The summed E-state index contributed by atoms with van der Waals surface area (Å²) >= 11 is 2.93. The highest BCUT2D eigenvalue weighted by Gasteiger charge is 2.10. The van der Waals surface area contributed by atoms with Crippen LogP contribution in [-0.2, 0) is 4.79 Å². The van der Waals surface area contributed by atoms with Crippen LogP contribution in [0.1, 0.15) is 30.0 Å². The molecule has 1 heterocycles. The predicted molar refractivity (Wildman–Crippen MR) is 106 cm³/mol. The summed E-state index contributed by atoms with van der Waals surface area (Å²) in [5.74, 6) is -0.128. The van der Waals surface area contributed by atoms with Gasteiger partial charge >= 0.3 is 0 Å². The molecule has 1 amide bonds. The Hall–Kier alpha value is -2.56. The Labute approximate surface area is 155 Å². The topological polar surface area (TPSA) is 77.8 Å². The van der Waals surface area contributed by atoms with Crippen molar-refractivity contribution in [1.29, 1.82) is 5.26 Å². The van der Waals surface area contributed by atoms with Gasteiger partial charge in [-0.15, -0.1) is 0 Å². The summed E-state index contributed by atoms with van der Waals surface area (Å²) in [6.07, 6.45) is 0. The molecule has 2 rings (SSSR count). The van der Waals surface area contributed by atoms with Gasteiger partial charge < -0.3 is 10.6 Å². The van der Waals surface area contributed by atoms with Gasteiger partial charge in [0.05, 0.1) is 27.2 Å². The van der Waals surface area contributed by atoms with E-state index in [1.54, 1.807) is 12.1 Å². The third-order valence-corrected chi connectivity index (χ3v) is 5.18. The van der Waals surface area contributed by atoms with Crippen LogP contribution in [0.3, 0.4) is 0 Å². The quantitative estimate of drug-likeness (QED) is 0.751. The molecule has 1 aromatic heterocycles. The van der Waals surface area contributed by atoms with Crippen molar-refractivity contribution < 1.29 is 4.79 Å². The van der Waals surface area contributed by atoms with Gasteiger partial charge in [-0.1, -0.05) is 29.7 Å². The predicted octanol–water partition coefficient (Wildman–Crippen LogP) is 4.96. The van der Waals surface area contributed by atoms with Gasteiger partial charge in [0.1, 0.15) is 0 Å². The maximum Gasteiger partial charge on any atom is 0.223 e. The zero-order chi connectivity index (χ0) is 18.4. The smallest absolute Gasteiger partial charge is 0.223 e. The van der Waals surface area contributed by atoms with E-state index in [4.69, 9.17) is 5.26 Å². The lowest BCUT2D eigenvalue weighted by Gasteiger charge is -2.07. The van der Waals surface area contributed by atoms with Gasteiger partial charge in [-0.2, -0.15) is 5.26 Å². The SMILES string of the molecule is C=C(Nc1ccc(C#N)cc1)S/C=C(\C)c1sc(NC(C)=O)nc1C. The molecule has 0 saturated carbocycles. The molecule has 0 spiro atoms. The van der Waals surface area contributed by atoms with Crippen molar-refractivity contribution in [3.8, 4) is 6.07 Å². The molecule has 0 saturated heterocycles. The lowest BCUT2D eigenvalue weighted by atomic mass is 10.2. The van der Waals surface area contributed by atoms with E-state index in [9.17, 15) is 4.79 Å². The molecule has 0 fully saturated rings. The van der Waals surface area contributed by atoms with E-state index in [0.29, 0.717) is 10.7 Å². The second-order valence-corrected chi connectivity index (χ2v) is 7.23. The minimum atomic E-state index is -0.128. The normalized spacial score (nSPS) is 10.9. The molecule has 7 heteroatoms. The average molecular weight is 371 g/mol. The first-order valence-electron chi connectivity index (χ1n) is 7.44. The van der Waals surface area contributed by atoms with Crippen LogP contribution in [-0.4, -0.2) is 10.9 Å². The highest BCUT2D eigenvalue weighted by Crippen LogP contribution is 2.31. The number of aryl methyl sites for hydroxylation is 1. The number of hydrogen-bond acceptors (Lipinski definition) is 6. The van der Waals surface area contributed by atoms with Crippen LogP contribution in [0, 0.1) is 18.3 Å². The van der Waals surface area contributed by atoms with Crippen LogP contribution in [0.15, 0.2) is 41.3 Å². The largest absolute Gasteiger partial charge is 0.350 e. The van der Waals surface area contributed by atoms with Crippen LogP contribution in [0.5, 0.6) is 0 Å². The van der Waals surface area contributed by atoms with Crippen molar-refractivity contribution in [1.82, 2.24) is 4.98 Å². The molecule has 0 aliphatic rings. The number of amides is 1. The summed E-state index contributed by atoms with van der Waals surface area (Å²) in [7, 11) is 0. The van der Waals surface area contributed by atoms with E-state index >= 15 is 0 Å². The molecule has 0 aliphatic heterocycles. The lowest BCUT2D eigenvalue weighted by Crippen LogP contribution is -2.04. The molecule has 25 heavy (non-hydrogen) atoms. The molecule has 2 aromatic rings. The van der Waals surface area contributed by atoms with Crippen molar-refractivity contribution >= 4 is 45.4 Å². The van der Waals surface area contributed by atoms with Crippen molar-refractivity contribution in [3.05, 3.63) is 57.4 Å². The third kappa shape index (κ3) is 5.48. The highest BCUT2D eigenvalue weighted by molar-refractivity contribution is 8.06. The molecule has 0 radical (unpaired) electrons. The molecule has 0 bridgehead atoms. The van der Waals surface area contributed by atoms with Crippen LogP contribution in [0.4, 0.5) is 10.8 Å². The fourth-order valence-corrected chi connectivity index (χ4v) is 3.67. The highest BCUT2D eigenvalue weighted by atomic mass is 32.2. The van der Waals surface area contributed by atoms with Crippen LogP contribution < -0.4 is 10.6 Å². The fourth-order valence-electron chi connectivity index (χ4n) is 2.00.